The van der Waals surface area contributed by atoms with Gasteiger partial charge in [-0.25, -0.2) is 0 Å². The third-order valence-corrected chi connectivity index (χ3v) is 2.73. The molecule has 5 N–H and O–H groups in total. The number of hydrogen-bond acceptors (Lipinski definition) is 6. The average Bonchev–Trinajstić information content (AvgIpc) is 2.39. The van der Waals surface area contributed by atoms with Crippen LogP contribution in [0.25, 0.3) is 0 Å². The summed E-state index contributed by atoms with van der Waals surface area (Å²) in [5, 5.41) is 31.7. The van der Waals surface area contributed by atoms with Crippen molar-refractivity contribution >= 4 is 30.0 Å². The molecule has 0 aromatic heterocycles. The smallest absolute Gasteiger partial charge is 0.310 e. The zero-order chi connectivity index (χ0) is 16.0. The predicted molar refractivity (Wildman–Crippen MR) is 79.0 cm³/mol. The molecule has 0 fully saturated rings. The van der Waals surface area contributed by atoms with Gasteiger partial charge in [0.2, 0.25) is 5.91 Å². The number of carbonyl (C=O) groups is 2. The molecule has 0 heterocycles. The summed E-state index contributed by atoms with van der Waals surface area (Å²) in [6, 6.07) is 3.09. The third kappa shape index (κ3) is 5.54. The maximum absolute atomic E-state index is 11.3. The summed E-state index contributed by atoms with van der Waals surface area (Å²) < 4.78 is 0. The first-order valence-electron chi connectivity index (χ1n) is 6.01. The minimum absolute atomic E-state index is 0. The van der Waals surface area contributed by atoms with Gasteiger partial charge in [-0.2, -0.15) is 0 Å². The molecule has 0 spiro atoms. The molecule has 122 valence electrons. The van der Waals surface area contributed by atoms with Crippen LogP contribution in [0.15, 0.2) is 18.2 Å². The van der Waals surface area contributed by atoms with Crippen molar-refractivity contribution in [1.82, 2.24) is 5.32 Å². The Balaban J connectivity index is 0.00000441. The van der Waals surface area contributed by atoms with Crippen molar-refractivity contribution in [2.75, 3.05) is 6.54 Å². The fourth-order valence-corrected chi connectivity index (χ4v) is 1.83. The Morgan fingerprint density at radius 2 is 2.05 bits per heavy atom. The summed E-state index contributed by atoms with van der Waals surface area (Å²) in [6.07, 6.45) is -0.459. The maximum atomic E-state index is 11.3. The predicted octanol–water partition coefficient (Wildman–Crippen LogP) is 0.183. The van der Waals surface area contributed by atoms with Crippen LogP contribution >= 0.6 is 12.4 Å². The summed E-state index contributed by atoms with van der Waals surface area (Å²) in [4.78, 5) is 32.0. The van der Waals surface area contributed by atoms with Gasteiger partial charge in [-0.3, -0.25) is 19.7 Å². The molecule has 0 radical (unpaired) electrons. The van der Waals surface area contributed by atoms with Gasteiger partial charge < -0.3 is 21.3 Å². The molecule has 0 bridgehead atoms. The van der Waals surface area contributed by atoms with E-state index in [1.807, 2.05) is 0 Å². The lowest BCUT2D eigenvalue weighted by Gasteiger charge is -2.17. The number of nitro groups is 1. The fourth-order valence-electron chi connectivity index (χ4n) is 1.83. The lowest BCUT2D eigenvalue weighted by molar-refractivity contribution is -0.385. The summed E-state index contributed by atoms with van der Waals surface area (Å²) in [7, 11) is 0. The van der Waals surface area contributed by atoms with Crippen molar-refractivity contribution < 1.29 is 24.7 Å². The van der Waals surface area contributed by atoms with Gasteiger partial charge >= 0.3 is 11.7 Å². The van der Waals surface area contributed by atoms with Crippen molar-refractivity contribution in [3.8, 4) is 5.75 Å². The van der Waals surface area contributed by atoms with Crippen molar-refractivity contribution in [3.63, 3.8) is 0 Å². The Labute approximate surface area is 131 Å². The number of nitrogens with one attached hydrogen (secondary N) is 1. The summed E-state index contributed by atoms with van der Waals surface area (Å²) >= 11 is 0. The molecule has 9 nitrogen and oxygen atoms in total. The molecule has 0 saturated carbocycles. The van der Waals surface area contributed by atoms with E-state index in [-0.39, 0.29) is 30.9 Å². The number of halogens is 1. The number of benzene rings is 1. The molecule has 1 aromatic rings. The quantitative estimate of drug-likeness (QED) is 0.409. The molecule has 0 aliphatic carbocycles. The second kappa shape index (κ2) is 8.80. The Morgan fingerprint density at radius 1 is 1.41 bits per heavy atom. The van der Waals surface area contributed by atoms with Crippen LogP contribution in [0.1, 0.15) is 12.0 Å². The Kier molecular flexibility index (Phi) is 7.84. The number of hydrogen-bond donors (Lipinski definition) is 4. The van der Waals surface area contributed by atoms with Crippen LogP contribution in [-0.4, -0.2) is 39.6 Å². The Hall–Kier alpha value is -2.39. The molecular formula is C12H16ClN3O6. The van der Waals surface area contributed by atoms with Crippen molar-refractivity contribution in [2.24, 2.45) is 5.73 Å². The first-order chi connectivity index (χ1) is 9.85. The molecule has 1 atom stereocenters. The van der Waals surface area contributed by atoms with Gasteiger partial charge in [0, 0.05) is 17.7 Å². The number of aromatic hydroxyl groups is 1. The lowest BCUT2D eigenvalue weighted by Crippen LogP contribution is -2.41. The van der Waals surface area contributed by atoms with E-state index >= 15 is 0 Å². The highest BCUT2D eigenvalue weighted by Gasteiger charge is 2.21. The first kappa shape index (κ1) is 19.6. The second-order valence-electron chi connectivity index (χ2n) is 4.31. The highest BCUT2D eigenvalue weighted by molar-refractivity contribution is 5.85. The van der Waals surface area contributed by atoms with E-state index in [9.17, 15) is 24.8 Å². The zero-order valence-corrected chi connectivity index (χ0v) is 12.2. The SMILES string of the molecule is Cl.NCC(=O)NC(CC(=O)O)Cc1cccc([N+](=O)[O-])c1O. The maximum Gasteiger partial charge on any atom is 0.310 e. The van der Waals surface area contributed by atoms with Gasteiger partial charge in [0.15, 0.2) is 5.75 Å². The second-order valence-corrected chi connectivity index (χ2v) is 4.31. The number of rotatable bonds is 7. The molecule has 0 aliphatic rings. The van der Waals surface area contributed by atoms with Crippen LogP contribution in [0.4, 0.5) is 5.69 Å². The van der Waals surface area contributed by atoms with Crippen LogP contribution in [0.5, 0.6) is 5.75 Å². The molecular weight excluding hydrogens is 318 g/mol. The van der Waals surface area contributed by atoms with Gasteiger partial charge in [-0.15, -0.1) is 12.4 Å². The highest BCUT2D eigenvalue weighted by Crippen LogP contribution is 2.30. The molecule has 1 aromatic carbocycles. The average molecular weight is 334 g/mol. The van der Waals surface area contributed by atoms with Gasteiger partial charge in [0.1, 0.15) is 0 Å². The van der Waals surface area contributed by atoms with Crippen LogP contribution in [0.3, 0.4) is 0 Å². The zero-order valence-electron chi connectivity index (χ0n) is 11.4. The number of carbonyl (C=O) groups excluding carboxylic acids is 1. The van der Waals surface area contributed by atoms with E-state index in [1.54, 1.807) is 0 Å². The molecule has 1 unspecified atom stereocenters. The molecule has 0 saturated heterocycles. The molecule has 0 aliphatic heterocycles. The van der Waals surface area contributed by atoms with E-state index in [0.29, 0.717) is 0 Å². The Morgan fingerprint density at radius 3 is 2.55 bits per heavy atom. The molecule has 22 heavy (non-hydrogen) atoms. The summed E-state index contributed by atoms with van der Waals surface area (Å²) in [5.74, 6) is -2.24. The Bertz CT molecular complexity index is 566. The summed E-state index contributed by atoms with van der Waals surface area (Å²) in [6.45, 7) is -0.308. The van der Waals surface area contributed by atoms with E-state index in [0.717, 1.165) is 6.07 Å². The van der Waals surface area contributed by atoms with Crippen LogP contribution in [0, 0.1) is 10.1 Å². The normalized spacial score (nSPS) is 11.1. The third-order valence-electron chi connectivity index (χ3n) is 2.73. The number of phenolic OH excluding ortho intramolecular Hbond substituents is 1. The molecule has 1 rings (SSSR count). The van der Waals surface area contributed by atoms with E-state index < -0.39 is 40.7 Å². The van der Waals surface area contributed by atoms with Gasteiger partial charge in [0.05, 0.1) is 17.9 Å². The van der Waals surface area contributed by atoms with Gasteiger partial charge in [-0.05, 0) is 6.42 Å². The minimum Gasteiger partial charge on any atom is -0.502 e. The molecule has 1 amide bonds. The number of amides is 1. The van der Waals surface area contributed by atoms with E-state index in [2.05, 4.69) is 5.32 Å². The number of nitrogens with zero attached hydrogens (tertiary/aromatic N) is 1. The highest BCUT2D eigenvalue weighted by atomic mass is 35.5. The van der Waals surface area contributed by atoms with Crippen LogP contribution in [0.2, 0.25) is 0 Å². The first-order valence-corrected chi connectivity index (χ1v) is 6.01. The van der Waals surface area contributed by atoms with Crippen molar-refractivity contribution in [1.29, 1.82) is 0 Å². The van der Waals surface area contributed by atoms with Crippen LogP contribution < -0.4 is 11.1 Å². The number of para-hydroxylation sites is 1. The number of nitro benzene ring substituents is 1. The van der Waals surface area contributed by atoms with Crippen LogP contribution in [-0.2, 0) is 16.0 Å². The number of nitrogens with two attached hydrogens (primary N) is 1. The van der Waals surface area contributed by atoms with E-state index in [4.69, 9.17) is 10.8 Å². The lowest BCUT2D eigenvalue weighted by atomic mass is 10.0. The van der Waals surface area contributed by atoms with Crippen molar-refractivity contribution in [2.45, 2.75) is 18.9 Å². The monoisotopic (exact) mass is 333 g/mol. The number of carboxylic acids is 1. The molecule has 10 heteroatoms. The number of carboxylic acid groups (broad SMARTS) is 1. The standard InChI is InChI=1S/C12H15N3O6.ClH/c13-6-10(16)14-8(5-11(17)18)4-7-2-1-3-9(12(7)19)15(20)21;/h1-3,8,19H,4-6,13H2,(H,14,16)(H,17,18);1H. The van der Waals surface area contributed by atoms with E-state index in [1.165, 1.54) is 12.1 Å². The largest absolute Gasteiger partial charge is 0.502 e. The minimum atomic E-state index is -1.15. The van der Waals surface area contributed by atoms with Gasteiger partial charge in [0.25, 0.3) is 0 Å². The summed E-state index contributed by atoms with van der Waals surface area (Å²) in [5.41, 5.74) is 4.83. The van der Waals surface area contributed by atoms with Crippen molar-refractivity contribution in [3.05, 3.63) is 33.9 Å². The topological polar surface area (TPSA) is 156 Å². The fraction of sp³-hybridized carbons (Fsp3) is 0.333. The van der Waals surface area contributed by atoms with Gasteiger partial charge in [-0.1, -0.05) is 12.1 Å². The number of aliphatic carboxylic acids is 1. The number of phenols is 1.